The fraction of sp³-hybridized carbons (Fsp3) is 0.533. The zero-order valence-electron chi connectivity index (χ0n) is 11.2. The Hall–Kier alpha value is -1.44. The summed E-state index contributed by atoms with van der Waals surface area (Å²) in [7, 11) is 0. The monoisotopic (exact) mass is 262 g/mol. The molecule has 1 atom stereocenters. The van der Waals surface area contributed by atoms with Crippen molar-refractivity contribution in [3.63, 3.8) is 0 Å². The quantitative estimate of drug-likeness (QED) is 0.837. The van der Waals surface area contributed by atoms with E-state index in [1.807, 2.05) is 6.92 Å². The van der Waals surface area contributed by atoms with Crippen LogP contribution in [0.1, 0.15) is 30.9 Å². The Bertz CT molecular complexity index is 468. The van der Waals surface area contributed by atoms with Crippen molar-refractivity contribution in [1.82, 2.24) is 4.90 Å². The minimum atomic E-state index is -0.238. The number of hydrogen-bond donors (Lipinski definition) is 0. The van der Waals surface area contributed by atoms with Crippen LogP contribution in [0.25, 0.3) is 0 Å². The number of piperidine rings is 1. The van der Waals surface area contributed by atoms with Crippen LogP contribution in [-0.2, 0) is 11.3 Å². The number of hydrogen-bond acceptors (Lipinski definition) is 3. The van der Waals surface area contributed by atoms with Crippen LogP contribution >= 0.6 is 0 Å². The second-order valence-electron chi connectivity index (χ2n) is 4.87. The molecule has 1 saturated heterocycles. The van der Waals surface area contributed by atoms with Crippen molar-refractivity contribution in [2.45, 2.75) is 32.4 Å². The second-order valence-corrected chi connectivity index (χ2v) is 4.87. The van der Waals surface area contributed by atoms with E-state index in [0.717, 1.165) is 32.5 Å². The highest BCUT2D eigenvalue weighted by Gasteiger charge is 2.20. The predicted molar refractivity (Wildman–Crippen MR) is 71.0 cm³/mol. The minimum absolute atomic E-state index is 0.238. The molecular weight excluding hydrogens is 243 g/mol. The third-order valence-electron chi connectivity index (χ3n) is 3.43. The molecule has 1 aromatic rings. The van der Waals surface area contributed by atoms with Gasteiger partial charge in [-0.3, -0.25) is 4.90 Å². The summed E-state index contributed by atoms with van der Waals surface area (Å²) in [5, 5.41) is 8.86. The van der Waals surface area contributed by atoms with Crippen LogP contribution < -0.4 is 0 Å². The number of rotatable bonds is 4. The van der Waals surface area contributed by atoms with Crippen molar-refractivity contribution >= 4 is 0 Å². The van der Waals surface area contributed by atoms with Gasteiger partial charge in [-0.2, -0.15) is 5.26 Å². The lowest BCUT2D eigenvalue weighted by Gasteiger charge is -2.32. The van der Waals surface area contributed by atoms with Crippen molar-refractivity contribution in [3.8, 4) is 6.07 Å². The molecule has 102 valence electrons. The molecule has 2 rings (SSSR count). The van der Waals surface area contributed by atoms with Gasteiger partial charge in [0, 0.05) is 25.3 Å². The Balaban J connectivity index is 2.02. The SMILES string of the molecule is CCOC1CCCN(Cc2cc(C#N)ccc2F)C1. The normalized spacial score (nSPS) is 20.2. The fourth-order valence-corrected chi connectivity index (χ4v) is 2.53. The third-order valence-corrected chi connectivity index (χ3v) is 3.43. The molecule has 1 aliphatic rings. The molecule has 4 heteroatoms. The van der Waals surface area contributed by atoms with Gasteiger partial charge in [0.1, 0.15) is 5.82 Å². The van der Waals surface area contributed by atoms with Crippen LogP contribution in [0.4, 0.5) is 4.39 Å². The Labute approximate surface area is 113 Å². The van der Waals surface area contributed by atoms with Gasteiger partial charge in [0.15, 0.2) is 0 Å². The zero-order valence-corrected chi connectivity index (χ0v) is 11.2. The number of halogens is 1. The smallest absolute Gasteiger partial charge is 0.127 e. The summed E-state index contributed by atoms with van der Waals surface area (Å²) >= 11 is 0. The first-order valence-electron chi connectivity index (χ1n) is 6.75. The van der Waals surface area contributed by atoms with Gasteiger partial charge in [-0.1, -0.05) is 0 Å². The standard InChI is InChI=1S/C15H19FN2O/c1-2-19-14-4-3-7-18(11-14)10-13-8-12(9-17)5-6-15(13)16/h5-6,8,14H,2-4,7,10-11H2,1H3. The van der Waals surface area contributed by atoms with Gasteiger partial charge in [0.05, 0.1) is 17.7 Å². The summed E-state index contributed by atoms with van der Waals surface area (Å²) in [4.78, 5) is 2.20. The Morgan fingerprint density at radius 2 is 2.37 bits per heavy atom. The average molecular weight is 262 g/mol. The van der Waals surface area contributed by atoms with Crippen molar-refractivity contribution in [3.05, 3.63) is 35.1 Å². The fourth-order valence-electron chi connectivity index (χ4n) is 2.53. The molecular formula is C15H19FN2O. The highest BCUT2D eigenvalue weighted by Crippen LogP contribution is 2.18. The van der Waals surface area contributed by atoms with Crippen LogP contribution in [-0.4, -0.2) is 30.7 Å². The molecule has 0 spiro atoms. The molecule has 3 nitrogen and oxygen atoms in total. The number of nitrogens with zero attached hydrogens (tertiary/aromatic N) is 2. The van der Waals surface area contributed by atoms with E-state index in [4.69, 9.17) is 10.00 Å². The summed E-state index contributed by atoms with van der Waals surface area (Å²) < 4.78 is 19.4. The van der Waals surface area contributed by atoms with Crippen LogP contribution in [0, 0.1) is 17.1 Å². The Morgan fingerprint density at radius 3 is 3.11 bits per heavy atom. The van der Waals surface area contributed by atoms with Crippen molar-refractivity contribution in [2.75, 3.05) is 19.7 Å². The van der Waals surface area contributed by atoms with Gasteiger partial charge >= 0.3 is 0 Å². The molecule has 1 aromatic carbocycles. The molecule has 0 bridgehead atoms. The highest BCUT2D eigenvalue weighted by molar-refractivity contribution is 5.33. The second kappa shape index (κ2) is 6.65. The van der Waals surface area contributed by atoms with Crippen LogP contribution in [0.5, 0.6) is 0 Å². The molecule has 19 heavy (non-hydrogen) atoms. The van der Waals surface area contributed by atoms with Crippen molar-refractivity contribution in [2.24, 2.45) is 0 Å². The maximum atomic E-state index is 13.7. The van der Waals surface area contributed by atoms with E-state index in [1.54, 1.807) is 6.07 Å². The topological polar surface area (TPSA) is 36.3 Å². The van der Waals surface area contributed by atoms with Gasteiger partial charge in [-0.15, -0.1) is 0 Å². The van der Waals surface area contributed by atoms with E-state index in [0.29, 0.717) is 17.7 Å². The van der Waals surface area contributed by atoms with E-state index < -0.39 is 0 Å². The number of likely N-dealkylation sites (tertiary alicyclic amines) is 1. The molecule has 0 N–H and O–H groups in total. The van der Waals surface area contributed by atoms with Crippen molar-refractivity contribution in [1.29, 1.82) is 5.26 Å². The first-order chi connectivity index (χ1) is 9.22. The molecule has 0 aliphatic carbocycles. The number of benzene rings is 1. The largest absolute Gasteiger partial charge is 0.377 e. The molecule has 1 aliphatic heterocycles. The lowest BCUT2D eigenvalue weighted by Crippen LogP contribution is -2.39. The lowest BCUT2D eigenvalue weighted by atomic mass is 10.1. The molecule has 0 saturated carbocycles. The summed E-state index contributed by atoms with van der Waals surface area (Å²) in [5.74, 6) is -0.238. The average Bonchev–Trinajstić information content (AvgIpc) is 2.42. The molecule has 0 radical (unpaired) electrons. The maximum absolute atomic E-state index is 13.7. The van der Waals surface area contributed by atoms with Crippen LogP contribution in [0.15, 0.2) is 18.2 Å². The van der Waals surface area contributed by atoms with Gasteiger partial charge in [-0.25, -0.2) is 4.39 Å². The Morgan fingerprint density at radius 1 is 1.53 bits per heavy atom. The van der Waals surface area contributed by atoms with E-state index in [9.17, 15) is 4.39 Å². The lowest BCUT2D eigenvalue weighted by molar-refractivity contribution is 0.00337. The van der Waals surface area contributed by atoms with Crippen LogP contribution in [0.3, 0.4) is 0 Å². The summed E-state index contributed by atoms with van der Waals surface area (Å²) in [6.45, 7) is 5.06. The Kier molecular flexibility index (Phi) is 4.89. The molecule has 1 unspecified atom stereocenters. The van der Waals surface area contributed by atoms with Gasteiger partial charge in [0.2, 0.25) is 0 Å². The first kappa shape index (κ1) is 14.0. The van der Waals surface area contributed by atoms with E-state index >= 15 is 0 Å². The van der Waals surface area contributed by atoms with E-state index in [-0.39, 0.29) is 11.9 Å². The summed E-state index contributed by atoms with van der Waals surface area (Å²) in [6.07, 6.45) is 2.40. The molecule has 0 amide bonds. The summed E-state index contributed by atoms with van der Waals surface area (Å²) in [5.41, 5.74) is 1.10. The minimum Gasteiger partial charge on any atom is -0.377 e. The molecule has 0 aromatic heterocycles. The highest BCUT2D eigenvalue weighted by atomic mass is 19.1. The van der Waals surface area contributed by atoms with Crippen molar-refractivity contribution < 1.29 is 9.13 Å². The first-order valence-corrected chi connectivity index (χ1v) is 6.75. The van der Waals surface area contributed by atoms with E-state index in [1.165, 1.54) is 12.1 Å². The third kappa shape index (κ3) is 3.76. The molecule has 1 fully saturated rings. The molecule has 1 heterocycles. The zero-order chi connectivity index (χ0) is 13.7. The predicted octanol–water partition coefficient (Wildman–Crippen LogP) is 2.70. The summed E-state index contributed by atoms with van der Waals surface area (Å²) in [6, 6.07) is 6.57. The van der Waals surface area contributed by atoms with Gasteiger partial charge < -0.3 is 4.74 Å². The maximum Gasteiger partial charge on any atom is 0.127 e. The van der Waals surface area contributed by atoms with Gasteiger partial charge in [0.25, 0.3) is 0 Å². The number of ether oxygens (including phenoxy) is 1. The van der Waals surface area contributed by atoms with Gasteiger partial charge in [-0.05, 0) is 44.5 Å². The van der Waals surface area contributed by atoms with E-state index in [2.05, 4.69) is 11.0 Å². The number of nitriles is 1. The van der Waals surface area contributed by atoms with Crippen LogP contribution in [0.2, 0.25) is 0 Å².